The Balaban J connectivity index is 1.56. The van der Waals surface area contributed by atoms with Crippen LogP contribution < -0.4 is 4.90 Å². The molecule has 4 rings (SSSR count). The summed E-state index contributed by atoms with van der Waals surface area (Å²) in [5.74, 6) is 0.0280. The number of ether oxygens (including phenoxy) is 1. The predicted octanol–water partition coefficient (Wildman–Crippen LogP) is 2.91. The number of amides is 2. The van der Waals surface area contributed by atoms with Gasteiger partial charge in [0.15, 0.2) is 0 Å². The first-order chi connectivity index (χ1) is 13.5. The maximum Gasteiger partial charge on any atom is 0.272 e. The van der Waals surface area contributed by atoms with E-state index in [9.17, 15) is 9.59 Å². The van der Waals surface area contributed by atoms with Crippen LogP contribution in [0.5, 0.6) is 0 Å². The van der Waals surface area contributed by atoms with Gasteiger partial charge in [0.1, 0.15) is 5.69 Å². The van der Waals surface area contributed by atoms with Crippen molar-refractivity contribution >= 4 is 17.5 Å². The quantitative estimate of drug-likeness (QED) is 0.805. The average Bonchev–Trinajstić information content (AvgIpc) is 2.73. The topological polar surface area (TPSA) is 62.7 Å². The molecule has 0 bridgehead atoms. The van der Waals surface area contributed by atoms with E-state index in [1.54, 1.807) is 24.1 Å². The van der Waals surface area contributed by atoms with E-state index in [0.29, 0.717) is 32.0 Å². The molecule has 1 fully saturated rings. The third-order valence-corrected chi connectivity index (χ3v) is 5.56. The molecule has 2 aliphatic heterocycles. The standard InChI is InChI=1S/C22H25N3O3/c1-15-3-4-18-13-17(6-8-21(18)25(15)16(2)26)19-5-7-20(23-14-19)22(27)24-9-11-28-12-10-24/h5-8,13-15H,3-4,9-12H2,1-2H3/t15-/m0/s1. The summed E-state index contributed by atoms with van der Waals surface area (Å²) in [5.41, 5.74) is 4.66. The molecule has 6 heteroatoms. The number of carbonyl (C=O) groups excluding carboxylic acids is 2. The van der Waals surface area contributed by atoms with Gasteiger partial charge in [0, 0.05) is 43.5 Å². The molecule has 0 unspecified atom stereocenters. The number of pyridine rings is 1. The SMILES string of the molecule is CC(=O)N1c2ccc(-c3ccc(C(=O)N4CCOCC4)nc3)cc2CC[C@@H]1C. The number of anilines is 1. The lowest BCUT2D eigenvalue weighted by atomic mass is 9.93. The Labute approximate surface area is 165 Å². The highest BCUT2D eigenvalue weighted by atomic mass is 16.5. The van der Waals surface area contributed by atoms with Gasteiger partial charge in [-0.15, -0.1) is 0 Å². The number of morpholine rings is 1. The Morgan fingerprint density at radius 3 is 2.54 bits per heavy atom. The van der Waals surface area contributed by atoms with Gasteiger partial charge in [0.05, 0.1) is 13.2 Å². The molecular weight excluding hydrogens is 354 g/mol. The van der Waals surface area contributed by atoms with E-state index in [-0.39, 0.29) is 17.9 Å². The second kappa shape index (κ2) is 7.72. The molecule has 1 atom stereocenters. The Morgan fingerprint density at radius 1 is 1.11 bits per heavy atom. The van der Waals surface area contributed by atoms with Crippen LogP contribution in [0.2, 0.25) is 0 Å². The number of hydrogen-bond acceptors (Lipinski definition) is 4. The van der Waals surface area contributed by atoms with Crippen LogP contribution in [0, 0.1) is 0 Å². The van der Waals surface area contributed by atoms with Crippen LogP contribution in [-0.4, -0.2) is 54.0 Å². The Kier molecular flexibility index (Phi) is 5.13. The number of carbonyl (C=O) groups is 2. The Hall–Kier alpha value is -2.73. The summed E-state index contributed by atoms with van der Waals surface area (Å²) in [6, 6.07) is 10.1. The van der Waals surface area contributed by atoms with Gasteiger partial charge in [0.2, 0.25) is 5.91 Å². The fourth-order valence-corrected chi connectivity index (χ4v) is 4.03. The Bertz CT molecular complexity index is 888. The second-order valence-corrected chi connectivity index (χ2v) is 7.46. The highest BCUT2D eigenvalue weighted by Gasteiger charge is 2.26. The number of fused-ring (bicyclic) bond motifs is 1. The molecule has 6 nitrogen and oxygen atoms in total. The van der Waals surface area contributed by atoms with Gasteiger partial charge in [-0.2, -0.15) is 0 Å². The number of nitrogens with zero attached hydrogens (tertiary/aromatic N) is 3. The summed E-state index contributed by atoms with van der Waals surface area (Å²) in [7, 11) is 0. The molecular formula is C22H25N3O3. The lowest BCUT2D eigenvalue weighted by molar-refractivity contribution is -0.117. The van der Waals surface area contributed by atoms with E-state index in [2.05, 4.69) is 18.0 Å². The third kappa shape index (κ3) is 3.52. The van der Waals surface area contributed by atoms with Crippen LogP contribution in [0.25, 0.3) is 11.1 Å². The van der Waals surface area contributed by atoms with E-state index in [4.69, 9.17) is 4.74 Å². The van der Waals surface area contributed by atoms with Crippen LogP contribution >= 0.6 is 0 Å². The summed E-state index contributed by atoms with van der Waals surface area (Å²) >= 11 is 0. The fraction of sp³-hybridized carbons (Fsp3) is 0.409. The predicted molar refractivity (Wildman–Crippen MR) is 107 cm³/mol. The van der Waals surface area contributed by atoms with Gasteiger partial charge < -0.3 is 14.5 Å². The number of aromatic nitrogens is 1. The number of hydrogen-bond donors (Lipinski definition) is 0. The molecule has 3 heterocycles. The van der Waals surface area contributed by atoms with Crippen LogP contribution in [0.4, 0.5) is 5.69 Å². The third-order valence-electron chi connectivity index (χ3n) is 5.56. The van der Waals surface area contributed by atoms with Gasteiger partial charge >= 0.3 is 0 Å². The summed E-state index contributed by atoms with van der Waals surface area (Å²) in [4.78, 5) is 32.6. The Morgan fingerprint density at radius 2 is 1.86 bits per heavy atom. The molecule has 28 heavy (non-hydrogen) atoms. The van der Waals surface area contributed by atoms with Gasteiger partial charge in [-0.1, -0.05) is 12.1 Å². The molecule has 146 valence electrons. The van der Waals surface area contributed by atoms with Gasteiger partial charge in [0.25, 0.3) is 5.91 Å². The van der Waals surface area contributed by atoms with Crippen molar-refractivity contribution in [3.05, 3.63) is 47.8 Å². The van der Waals surface area contributed by atoms with Crippen molar-refractivity contribution in [1.82, 2.24) is 9.88 Å². The zero-order valence-corrected chi connectivity index (χ0v) is 16.4. The van der Waals surface area contributed by atoms with Crippen molar-refractivity contribution < 1.29 is 14.3 Å². The van der Waals surface area contributed by atoms with Gasteiger partial charge in [-0.05, 0) is 49.1 Å². The molecule has 0 spiro atoms. The molecule has 1 aromatic carbocycles. The molecule has 0 radical (unpaired) electrons. The lowest BCUT2D eigenvalue weighted by Crippen LogP contribution is -2.41. The largest absolute Gasteiger partial charge is 0.378 e. The fourth-order valence-electron chi connectivity index (χ4n) is 4.03. The van der Waals surface area contributed by atoms with Crippen LogP contribution in [0.15, 0.2) is 36.5 Å². The van der Waals surface area contributed by atoms with E-state index >= 15 is 0 Å². The summed E-state index contributed by atoms with van der Waals surface area (Å²) in [6.45, 7) is 6.08. The van der Waals surface area contributed by atoms with E-state index in [1.165, 1.54) is 5.56 Å². The molecule has 2 amide bonds. The maximum atomic E-state index is 12.5. The molecule has 2 aromatic rings. The van der Waals surface area contributed by atoms with Crippen molar-refractivity contribution in [3.8, 4) is 11.1 Å². The van der Waals surface area contributed by atoms with Crippen molar-refractivity contribution in [2.45, 2.75) is 32.7 Å². The number of aryl methyl sites for hydroxylation is 1. The molecule has 1 aromatic heterocycles. The first kappa shape index (κ1) is 18.6. The first-order valence-corrected chi connectivity index (χ1v) is 9.81. The zero-order chi connectivity index (χ0) is 19.7. The minimum absolute atomic E-state index is 0.0496. The van der Waals surface area contributed by atoms with Gasteiger partial charge in [-0.3, -0.25) is 14.6 Å². The molecule has 1 saturated heterocycles. The lowest BCUT2D eigenvalue weighted by Gasteiger charge is -2.34. The van der Waals surface area contributed by atoms with Crippen molar-refractivity contribution in [3.63, 3.8) is 0 Å². The van der Waals surface area contributed by atoms with Crippen molar-refractivity contribution in [1.29, 1.82) is 0 Å². The molecule has 0 N–H and O–H groups in total. The summed E-state index contributed by atoms with van der Waals surface area (Å²) in [5, 5.41) is 0. The molecule has 2 aliphatic rings. The molecule has 0 aliphatic carbocycles. The van der Waals surface area contributed by atoms with Crippen LogP contribution in [0.3, 0.4) is 0 Å². The van der Waals surface area contributed by atoms with Gasteiger partial charge in [-0.25, -0.2) is 0 Å². The molecule has 0 saturated carbocycles. The van der Waals surface area contributed by atoms with E-state index in [0.717, 1.165) is 29.7 Å². The second-order valence-electron chi connectivity index (χ2n) is 7.46. The monoisotopic (exact) mass is 379 g/mol. The minimum Gasteiger partial charge on any atom is -0.378 e. The highest BCUT2D eigenvalue weighted by Crippen LogP contribution is 2.34. The maximum absolute atomic E-state index is 12.5. The average molecular weight is 379 g/mol. The van der Waals surface area contributed by atoms with E-state index < -0.39 is 0 Å². The summed E-state index contributed by atoms with van der Waals surface area (Å²) < 4.78 is 5.30. The van der Waals surface area contributed by atoms with Crippen LogP contribution in [0.1, 0.15) is 36.3 Å². The number of rotatable bonds is 2. The smallest absolute Gasteiger partial charge is 0.272 e. The van der Waals surface area contributed by atoms with Crippen molar-refractivity contribution in [2.24, 2.45) is 0 Å². The normalized spacial score (nSPS) is 19.3. The first-order valence-electron chi connectivity index (χ1n) is 9.81. The number of benzene rings is 1. The zero-order valence-electron chi connectivity index (χ0n) is 16.4. The highest BCUT2D eigenvalue weighted by molar-refractivity contribution is 5.94. The minimum atomic E-state index is -0.0496. The van der Waals surface area contributed by atoms with E-state index in [1.807, 2.05) is 23.1 Å². The van der Waals surface area contributed by atoms with Crippen LogP contribution in [-0.2, 0) is 16.0 Å². The summed E-state index contributed by atoms with van der Waals surface area (Å²) in [6.07, 6.45) is 3.67. The van der Waals surface area contributed by atoms with Crippen molar-refractivity contribution in [2.75, 3.05) is 31.2 Å².